The van der Waals surface area contributed by atoms with Gasteiger partial charge in [0, 0.05) is 0 Å². The van der Waals surface area contributed by atoms with E-state index in [-0.39, 0.29) is 0 Å². The molecule has 0 aliphatic carbocycles. The minimum absolute atomic E-state index is 1.76. The second-order valence-corrected chi connectivity index (χ2v) is 10.7. The van der Waals surface area contributed by atoms with Gasteiger partial charge in [-0.15, -0.1) is 41.6 Å². The highest BCUT2D eigenvalue weighted by atomic mass is 28.3. The van der Waals surface area contributed by atoms with Crippen molar-refractivity contribution in [3.05, 3.63) is 12.3 Å². The Balaban J connectivity index is 4.91. The summed E-state index contributed by atoms with van der Waals surface area (Å²) in [4.78, 5) is 0. The van der Waals surface area contributed by atoms with Crippen molar-refractivity contribution in [2.75, 3.05) is 0 Å². The highest BCUT2D eigenvalue weighted by Crippen LogP contribution is 2.02. The van der Waals surface area contributed by atoms with Crippen LogP contribution in [0.1, 0.15) is 0 Å². The van der Waals surface area contributed by atoms with E-state index in [4.69, 9.17) is 12.8 Å². The smallest absolute Gasteiger partial charge is 0.126 e. The van der Waals surface area contributed by atoms with E-state index in [1.165, 1.54) is 0 Å². The molecular formula is C11H14Si2. The molecule has 0 aromatic rings. The molecule has 0 aromatic heterocycles. The first-order chi connectivity index (χ1) is 5.89. The Hall–Kier alpha value is -1.15. The zero-order valence-corrected chi connectivity index (χ0v) is 10.4. The van der Waals surface area contributed by atoms with Crippen molar-refractivity contribution in [1.29, 1.82) is 0 Å². The van der Waals surface area contributed by atoms with Crippen LogP contribution >= 0.6 is 0 Å². The van der Waals surface area contributed by atoms with Crippen molar-refractivity contribution in [3.63, 3.8) is 0 Å². The molecule has 0 aliphatic heterocycles. The molecule has 0 spiro atoms. The van der Waals surface area contributed by atoms with E-state index >= 15 is 0 Å². The molecule has 0 aliphatic rings. The van der Waals surface area contributed by atoms with Gasteiger partial charge in [0.2, 0.25) is 16.1 Å². The first kappa shape index (κ1) is 11.9. The fourth-order valence-electron chi connectivity index (χ4n) is 0.468. The second kappa shape index (κ2) is 4.19. The van der Waals surface area contributed by atoms with E-state index in [9.17, 15) is 0 Å². The first-order valence-electron chi connectivity index (χ1n) is 4.02. The lowest BCUT2D eigenvalue weighted by atomic mass is 11.2. The van der Waals surface area contributed by atoms with Gasteiger partial charge >= 0.3 is 0 Å². The largest absolute Gasteiger partial charge is 0.234 e. The zero-order chi connectivity index (χ0) is 10.5. The molecule has 0 saturated heterocycles. The van der Waals surface area contributed by atoms with E-state index in [1.54, 1.807) is 5.70 Å². The van der Waals surface area contributed by atoms with Crippen LogP contribution in [-0.2, 0) is 0 Å². The summed E-state index contributed by atoms with van der Waals surface area (Å²) in [6, 6.07) is 0. The molecule has 0 amide bonds. The maximum absolute atomic E-state index is 5.39. The second-order valence-electron chi connectivity index (χ2n) is 3.57. The highest BCUT2D eigenvalue weighted by Gasteiger charge is 2.19. The van der Waals surface area contributed by atoms with Crippen LogP contribution in [0.3, 0.4) is 0 Å². The summed E-state index contributed by atoms with van der Waals surface area (Å²) in [5.74, 6) is 0. The van der Waals surface area contributed by atoms with E-state index in [2.05, 4.69) is 28.8 Å². The number of rotatable bonds is 1. The van der Waals surface area contributed by atoms with Crippen molar-refractivity contribution in [2.24, 2.45) is 0 Å². The Morgan fingerprint density at radius 2 is 1.62 bits per heavy atom. The van der Waals surface area contributed by atoms with Crippen LogP contribution in [-0.4, -0.2) is 16.1 Å². The summed E-state index contributed by atoms with van der Waals surface area (Å²) in [6.45, 7) is 9.78. The average Bonchev–Trinajstić information content (AvgIpc) is 2.14. The molecule has 0 aromatic carbocycles. The molecule has 0 bridgehead atoms. The summed E-state index contributed by atoms with van der Waals surface area (Å²) in [7, 11) is -3.72. The SMILES string of the molecule is C#C[Si](C)(C)C#C[Si](C)(C#C)C=C. The molecule has 1 atom stereocenters. The summed E-state index contributed by atoms with van der Waals surface area (Å²) >= 11 is 0. The average molecular weight is 202 g/mol. The summed E-state index contributed by atoms with van der Waals surface area (Å²) in [5.41, 5.74) is 13.6. The standard InChI is InChI=1S/C11H14Si2/c1-7-12(4,5)10-11-13(6,8-2)9-3/h1-2,9H,3H2,4-6H3. The van der Waals surface area contributed by atoms with Gasteiger partial charge in [-0.2, -0.15) is 0 Å². The van der Waals surface area contributed by atoms with Gasteiger partial charge in [0.15, 0.2) is 0 Å². The van der Waals surface area contributed by atoms with Gasteiger partial charge in [0.25, 0.3) is 0 Å². The molecule has 0 N–H and O–H groups in total. The quantitative estimate of drug-likeness (QED) is 0.450. The lowest BCUT2D eigenvalue weighted by molar-refractivity contribution is 1.94. The van der Waals surface area contributed by atoms with Gasteiger partial charge in [-0.3, -0.25) is 0 Å². The molecule has 0 radical (unpaired) electrons. The molecule has 1 unspecified atom stereocenters. The van der Waals surface area contributed by atoms with Gasteiger partial charge in [-0.25, -0.2) is 0 Å². The molecule has 0 saturated carbocycles. The van der Waals surface area contributed by atoms with Crippen molar-refractivity contribution in [3.8, 4) is 35.0 Å². The Labute approximate surface area is 83.5 Å². The third kappa shape index (κ3) is 3.86. The molecule has 2 heteroatoms. The van der Waals surface area contributed by atoms with Gasteiger partial charge in [0.1, 0.15) is 0 Å². The summed E-state index contributed by atoms with van der Waals surface area (Å²) in [5, 5.41) is 0. The van der Waals surface area contributed by atoms with E-state index in [0.29, 0.717) is 0 Å². The number of hydrogen-bond acceptors (Lipinski definition) is 0. The third-order valence-electron chi connectivity index (χ3n) is 1.70. The Kier molecular flexibility index (Phi) is 3.82. The van der Waals surface area contributed by atoms with Crippen LogP contribution in [0, 0.1) is 35.0 Å². The number of hydrogen-bond donors (Lipinski definition) is 0. The van der Waals surface area contributed by atoms with Crippen LogP contribution in [0.2, 0.25) is 19.6 Å². The normalized spacial score (nSPS) is 13.9. The molecular weight excluding hydrogens is 188 g/mol. The van der Waals surface area contributed by atoms with Gasteiger partial charge in [-0.05, 0) is 19.6 Å². The van der Waals surface area contributed by atoms with E-state index in [0.717, 1.165) is 0 Å². The topological polar surface area (TPSA) is 0 Å². The van der Waals surface area contributed by atoms with Gasteiger partial charge in [0.05, 0.1) is 0 Å². The van der Waals surface area contributed by atoms with E-state index in [1.807, 2.05) is 19.6 Å². The monoisotopic (exact) mass is 202 g/mol. The fourth-order valence-corrected chi connectivity index (χ4v) is 3.12. The van der Waals surface area contributed by atoms with Gasteiger partial charge in [-0.1, -0.05) is 5.70 Å². The van der Waals surface area contributed by atoms with Crippen molar-refractivity contribution in [2.45, 2.75) is 19.6 Å². The van der Waals surface area contributed by atoms with Crippen LogP contribution in [0.5, 0.6) is 0 Å². The summed E-state index contributed by atoms with van der Waals surface area (Å²) < 4.78 is 0. The third-order valence-corrected chi connectivity index (χ3v) is 5.49. The zero-order valence-electron chi connectivity index (χ0n) is 8.44. The predicted molar refractivity (Wildman–Crippen MR) is 64.7 cm³/mol. The molecule has 0 nitrogen and oxygen atoms in total. The Morgan fingerprint density at radius 3 is 1.92 bits per heavy atom. The first-order valence-corrected chi connectivity index (χ1v) is 9.60. The molecule has 66 valence electrons. The van der Waals surface area contributed by atoms with Crippen LogP contribution in [0.25, 0.3) is 0 Å². The molecule has 0 fully saturated rings. The molecule has 0 heterocycles. The minimum Gasteiger partial charge on any atom is -0.126 e. The Bertz CT molecular complexity index is 341. The summed E-state index contributed by atoms with van der Waals surface area (Å²) in [6.07, 6.45) is 10.8. The number of terminal acetylenes is 2. The molecule has 0 rings (SSSR count). The van der Waals surface area contributed by atoms with Crippen molar-refractivity contribution < 1.29 is 0 Å². The predicted octanol–water partition coefficient (Wildman–Crippen LogP) is 1.93. The van der Waals surface area contributed by atoms with Crippen molar-refractivity contribution >= 4 is 16.1 Å². The molecule has 13 heavy (non-hydrogen) atoms. The van der Waals surface area contributed by atoms with Crippen LogP contribution in [0.4, 0.5) is 0 Å². The highest BCUT2D eigenvalue weighted by molar-refractivity contribution is 7.00. The van der Waals surface area contributed by atoms with E-state index < -0.39 is 16.1 Å². The lowest BCUT2D eigenvalue weighted by Gasteiger charge is -2.08. The minimum atomic E-state index is -1.95. The Morgan fingerprint density at radius 1 is 1.08 bits per heavy atom. The van der Waals surface area contributed by atoms with Gasteiger partial charge < -0.3 is 0 Å². The van der Waals surface area contributed by atoms with Crippen LogP contribution in [0.15, 0.2) is 12.3 Å². The lowest BCUT2D eigenvalue weighted by Crippen LogP contribution is -2.27. The maximum Gasteiger partial charge on any atom is 0.234 e. The maximum atomic E-state index is 5.39. The van der Waals surface area contributed by atoms with Crippen LogP contribution < -0.4 is 0 Å². The fraction of sp³-hybridized carbons (Fsp3) is 0.273. The van der Waals surface area contributed by atoms with Crippen molar-refractivity contribution in [1.82, 2.24) is 0 Å².